The van der Waals surface area contributed by atoms with E-state index in [2.05, 4.69) is 14.9 Å². The fraction of sp³-hybridized carbons (Fsp3) is 0.429. The van der Waals surface area contributed by atoms with Gasteiger partial charge >= 0.3 is 5.97 Å². The molecule has 0 spiro atoms. The maximum absolute atomic E-state index is 11.5. The van der Waals surface area contributed by atoms with Crippen molar-refractivity contribution in [3.05, 3.63) is 12.3 Å². The van der Waals surface area contributed by atoms with E-state index in [0.717, 1.165) is 0 Å². The summed E-state index contributed by atoms with van der Waals surface area (Å²) >= 11 is 0. The molecule has 0 amide bonds. The predicted octanol–water partition coefficient (Wildman–Crippen LogP) is -0.449. The molecule has 1 unspecified atom stereocenters. The second kappa shape index (κ2) is 4.41. The van der Waals surface area contributed by atoms with E-state index in [0.29, 0.717) is 0 Å². The average Bonchev–Trinajstić information content (AvgIpc) is 2.51. The summed E-state index contributed by atoms with van der Waals surface area (Å²) in [4.78, 5) is 10.3. The Bertz CT molecular complexity index is 425. The molecule has 1 aromatic heterocycles. The zero-order valence-corrected chi connectivity index (χ0v) is 8.78. The van der Waals surface area contributed by atoms with E-state index >= 15 is 0 Å². The number of rotatable bonds is 5. The van der Waals surface area contributed by atoms with Gasteiger partial charge in [0, 0.05) is 6.04 Å². The van der Waals surface area contributed by atoms with E-state index in [4.69, 9.17) is 5.11 Å². The Kier molecular flexibility index (Phi) is 3.43. The van der Waals surface area contributed by atoms with Gasteiger partial charge in [-0.05, 0) is 13.0 Å². The number of carbonyl (C=O) groups is 1. The van der Waals surface area contributed by atoms with Gasteiger partial charge in [-0.2, -0.15) is 5.10 Å². The van der Waals surface area contributed by atoms with Crippen molar-refractivity contribution in [3.8, 4) is 0 Å². The molecule has 0 aliphatic carbocycles. The third kappa shape index (κ3) is 3.33. The minimum Gasteiger partial charge on any atom is -0.481 e. The van der Waals surface area contributed by atoms with Gasteiger partial charge in [0.05, 0.1) is 12.6 Å². The maximum Gasteiger partial charge on any atom is 0.304 e. The average molecular weight is 233 g/mol. The van der Waals surface area contributed by atoms with E-state index in [1.807, 2.05) is 0 Å². The summed E-state index contributed by atoms with van der Waals surface area (Å²) in [5.74, 6) is -1.06. The second-order valence-corrected chi connectivity index (χ2v) is 4.72. The molecule has 0 bridgehead atoms. The van der Waals surface area contributed by atoms with Crippen molar-refractivity contribution < 1.29 is 18.3 Å². The van der Waals surface area contributed by atoms with Crippen LogP contribution >= 0.6 is 0 Å². The monoisotopic (exact) mass is 233 g/mol. The summed E-state index contributed by atoms with van der Waals surface area (Å²) in [5.41, 5.74) is 0. The van der Waals surface area contributed by atoms with Crippen LogP contribution in [0.25, 0.3) is 0 Å². The third-order valence-electron chi connectivity index (χ3n) is 1.60. The number of nitrogens with zero attached hydrogens (tertiary/aromatic N) is 1. The van der Waals surface area contributed by atoms with Crippen molar-refractivity contribution in [1.29, 1.82) is 0 Å². The van der Waals surface area contributed by atoms with Crippen molar-refractivity contribution in [2.24, 2.45) is 0 Å². The van der Waals surface area contributed by atoms with Crippen LogP contribution in [0.1, 0.15) is 13.3 Å². The highest BCUT2D eigenvalue weighted by molar-refractivity contribution is 7.89. The largest absolute Gasteiger partial charge is 0.481 e. The SMILES string of the molecule is CC(CC(=O)O)NS(=O)(=O)c1ccn[nH]1. The summed E-state index contributed by atoms with van der Waals surface area (Å²) in [5, 5.41) is 14.2. The number of aliphatic carboxylic acids is 1. The number of hydrogen-bond acceptors (Lipinski definition) is 4. The van der Waals surface area contributed by atoms with Gasteiger partial charge in [0.2, 0.25) is 0 Å². The van der Waals surface area contributed by atoms with Crippen LogP contribution in [-0.4, -0.2) is 35.7 Å². The predicted molar refractivity (Wildman–Crippen MR) is 50.6 cm³/mol. The minimum absolute atomic E-state index is 0.0836. The topological polar surface area (TPSA) is 112 Å². The molecular weight excluding hydrogens is 222 g/mol. The summed E-state index contributed by atoms with van der Waals surface area (Å²) in [6.07, 6.45) is 1.03. The Morgan fingerprint density at radius 2 is 2.40 bits per heavy atom. The molecule has 7 nitrogen and oxygen atoms in total. The van der Waals surface area contributed by atoms with Crippen molar-refractivity contribution in [2.75, 3.05) is 0 Å². The highest BCUT2D eigenvalue weighted by atomic mass is 32.2. The van der Waals surface area contributed by atoms with Gasteiger partial charge in [0.25, 0.3) is 10.0 Å². The number of aromatic amines is 1. The first kappa shape index (κ1) is 11.7. The van der Waals surface area contributed by atoms with E-state index in [1.165, 1.54) is 19.2 Å². The lowest BCUT2D eigenvalue weighted by Crippen LogP contribution is -2.34. The molecular formula is C7H11N3O4S. The molecule has 1 aromatic rings. The highest BCUT2D eigenvalue weighted by Gasteiger charge is 2.19. The fourth-order valence-corrected chi connectivity index (χ4v) is 2.18. The van der Waals surface area contributed by atoms with Crippen LogP contribution in [-0.2, 0) is 14.8 Å². The molecule has 0 saturated carbocycles. The highest BCUT2D eigenvalue weighted by Crippen LogP contribution is 2.04. The Hall–Kier alpha value is -1.41. The van der Waals surface area contributed by atoms with Gasteiger partial charge in [0.1, 0.15) is 0 Å². The molecule has 0 aromatic carbocycles. The molecule has 0 aliphatic heterocycles. The van der Waals surface area contributed by atoms with E-state index in [9.17, 15) is 13.2 Å². The lowest BCUT2D eigenvalue weighted by molar-refractivity contribution is -0.137. The van der Waals surface area contributed by atoms with Crippen molar-refractivity contribution >= 4 is 16.0 Å². The van der Waals surface area contributed by atoms with Crippen LogP contribution in [0.4, 0.5) is 0 Å². The summed E-state index contributed by atoms with van der Waals surface area (Å²) < 4.78 is 25.2. The summed E-state index contributed by atoms with van der Waals surface area (Å²) in [6.45, 7) is 1.47. The van der Waals surface area contributed by atoms with Gasteiger partial charge < -0.3 is 5.11 Å². The Morgan fingerprint density at radius 3 is 2.87 bits per heavy atom. The van der Waals surface area contributed by atoms with Gasteiger partial charge in [-0.1, -0.05) is 0 Å². The number of hydrogen-bond donors (Lipinski definition) is 3. The normalized spacial score (nSPS) is 13.7. The summed E-state index contributed by atoms with van der Waals surface area (Å²) in [6, 6.07) is 0.617. The lowest BCUT2D eigenvalue weighted by Gasteiger charge is -2.10. The van der Waals surface area contributed by atoms with Crippen molar-refractivity contribution in [2.45, 2.75) is 24.4 Å². The molecule has 15 heavy (non-hydrogen) atoms. The molecule has 0 fully saturated rings. The number of sulfonamides is 1. The van der Waals surface area contributed by atoms with Crippen LogP contribution in [0.5, 0.6) is 0 Å². The standard InChI is InChI=1S/C7H11N3O4S/c1-5(4-7(11)12)10-15(13,14)6-2-3-8-9-6/h2-3,5,10H,4H2,1H3,(H,8,9)(H,11,12). The molecule has 84 valence electrons. The fourth-order valence-electron chi connectivity index (χ4n) is 1.02. The van der Waals surface area contributed by atoms with Crippen molar-refractivity contribution in [3.63, 3.8) is 0 Å². The van der Waals surface area contributed by atoms with Crippen molar-refractivity contribution in [1.82, 2.24) is 14.9 Å². The van der Waals surface area contributed by atoms with Crippen LogP contribution in [0, 0.1) is 0 Å². The molecule has 1 heterocycles. The third-order valence-corrected chi connectivity index (χ3v) is 3.12. The molecule has 0 aliphatic rings. The summed E-state index contributed by atoms with van der Waals surface area (Å²) in [7, 11) is -3.69. The Labute approximate surface area is 86.6 Å². The first-order valence-corrected chi connectivity index (χ1v) is 5.63. The van der Waals surface area contributed by atoms with E-state index in [1.54, 1.807) is 0 Å². The minimum atomic E-state index is -3.69. The van der Waals surface area contributed by atoms with Crippen LogP contribution in [0.3, 0.4) is 0 Å². The second-order valence-electron chi connectivity index (χ2n) is 3.04. The van der Waals surface area contributed by atoms with Crippen LogP contribution in [0.15, 0.2) is 17.3 Å². The number of carboxylic acid groups (broad SMARTS) is 1. The van der Waals surface area contributed by atoms with E-state index < -0.39 is 22.0 Å². The number of H-pyrrole nitrogens is 1. The van der Waals surface area contributed by atoms with Crippen LogP contribution in [0.2, 0.25) is 0 Å². The molecule has 0 radical (unpaired) electrons. The lowest BCUT2D eigenvalue weighted by atomic mass is 10.3. The quantitative estimate of drug-likeness (QED) is 0.637. The smallest absolute Gasteiger partial charge is 0.304 e. The molecule has 1 rings (SSSR count). The van der Waals surface area contributed by atoms with Crippen LogP contribution < -0.4 is 4.72 Å². The molecule has 0 saturated heterocycles. The van der Waals surface area contributed by atoms with Gasteiger partial charge in [0.15, 0.2) is 5.03 Å². The Balaban J connectivity index is 2.69. The first-order chi connectivity index (χ1) is 6.92. The van der Waals surface area contributed by atoms with Gasteiger partial charge in [-0.3, -0.25) is 9.89 Å². The Morgan fingerprint density at radius 1 is 1.73 bits per heavy atom. The number of aromatic nitrogens is 2. The number of nitrogens with one attached hydrogen (secondary N) is 2. The van der Waals surface area contributed by atoms with Gasteiger partial charge in [-0.25, -0.2) is 13.1 Å². The molecule has 3 N–H and O–H groups in total. The number of carboxylic acids is 1. The maximum atomic E-state index is 11.5. The van der Waals surface area contributed by atoms with E-state index in [-0.39, 0.29) is 11.4 Å². The van der Waals surface area contributed by atoms with Gasteiger partial charge in [-0.15, -0.1) is 0 Å². The zero-order chi connectivity index (χ0) is 11.5. The molecule has 1 atom stereocenters. The zero-order valence-electron chi connectivity index (χ0n) is 7.97. The molecule has 8 heteroatoms. The first-order valence-electron chi connectivity index (χ1n) is 4.15.